The fourth-order valence-corrected chi connectivity index (χ4v) is 4.84. The van der Waals surface area contributed by atoms with E-state index in [2.05, 4.69) is 27.7 Å². The maximum Gasteiger partial charge on any atom is 4.00 e. The van der Waals surface area contributed by atoms with Crippen molar-refractivity contribution in [3.63, 3.8) is 0 Å². The van der Waals surface area contributed by atoms with Gasteiger partial charge in [0.2, 0.25) is 0 Å². The molecule has 0 radical (unpaired) electrons. The zero-order valence-electron chi connectivity index (χ0n) is 22.4. The van der Waals surface area contributed by atoms with Crippen LogP contribution in [0, 0.1) is 20.8 Å². The predicted molar refractivity (Wildman–Crippen MR) is 142 cm³/mol. The molecule has 3 aromatic rings. The number of hydrogen-bond donors (Lipinski definition) is 1. The molecule has 7 nitrogen and oxygen atoms in total. The van der Waals surface area contributed by atoms with E-state index in [-0.39, 0.29) is 23.5 Å². The molecule has 0 fully saturated rings. The molecule has 6 bridgehead atoms. The number of aliphatic carboxylic acids is 1. The van der Waals surface area contributed by atoms with Crippen LogP contribution in [0.25, 0.3) is 23.5 Å². The average Bonchev–Trinajstić information content (AvgIpc) is 3.42. The van der Waals surface area contributed by atoms with Crippen LogP contribution in [0.3, 0.4) is 0 Å². The Hall–Kier alpha value is -3.09. The number of carboxylic acids is 1. The third-order valence-corrected chi connectivity index (χ3v) is 7.02. The number of hydrogen-bond acceptors (Lipinski definition) is 2. The molecule has 0 saturated carbocycles. The molecule has 1 aliphatic heterocycles. The zero-order valence-corrected chi connectivity index (χ0v) is 23.5. The summed E-state index contributed by atoms with van der Waals surface area (Å²) in [5.41, 5.74) is 8.86. The summed E-state index contributed by atoms with van der Waals surface area (Å²) in [6.45, 7) is 12.9. The van der Waals surface area contributed by atoms with Crippen LogP contribution in [-0.4, -0.2) is 17.6 Å². The van der Waals surface area contributed by atoms with Gasteiger partial charge in [0.1, 0.15) is 0 Å². The van der Waals surface area contributed by atoms with E-state index in [1.165, 1.54) is 0 Å². The van der Waals surface area contributed by atoms with Gasteiger partial charge < -0.3 is 30.1 Å². The molecule has 0 aromatic carbocycles. The summed E-state index contributed by atoms with van der Waals surface area (Å²) in [6.07, 6.45) is 8.87. The van der Waals surface area contributed by atoms with E-state index in [9.17, 15) is 9.90 Å². The number of nitrogens with zero attached hydrogens (tertiary/aromatic N) is 4. The molecule has 4 heterocycles. The van der Waals surface area contributed by atoms with E-state index in [0.29, 0.717) is 24.7 Å². The van der Waals surface area contributed by atoms with E-state index >= 15 is 0 Å². The Morgan fingerprint density at radius 3 is 2.19 bits per heavy atom. The number of carboxylic acid groups (broad SMARTS) is 1. The molecule has 1 N–H and O–H groups in total. The molecule has 4 rings (SSSR count). The molecule has 1 aliphatic rings. The maximum absolute atomic E-state index is 11.3. The van der Waals surface area contributed by atoms with Crippen molar-refractivity contribution in [1.82, 2.24) is 15.0 Å². The predicted octanol–water partition coefficient (Wildman–Crippen LogP) is 4.16. The van der Waals surface area contributed by atoms with Crippen molar-refractivity contribution in [2.75, 3.05) is 6.54 Å². The molecule has 196 valence electrons. The molecule has 37 heavy (non-hydrogen) atoms. The van der Waals surface area contributed by atoms with Gasteiger partial charge in [0, 0.05) is 18.2 Å². The molecule has 0 unspecified atom stereocenters. The van der Waals surface area contributed by atoms with E-state index in [1.54, 1.807) is 0 Å². The fourth-order valence-electron chi connectivity index (χ4n) is 4.84. The molecule has 3 aromatic heterocycles. The number of rotatable bonds is 6. The molecule has 0 amide bonds. The Morgan fingerprint density at radius 1 is 0.838 bits per heavy atom. The second-order valence-corrected chi connectivity index (χ2v) is 9.18. The van der Waals surface area contributed by atoms with Gasteiger partial charge in [-0.1, -0.05) is 61.6 Å². The number of carbonyl (C=O) groups is 1. The van der Waals surface area contributed by atoms with Crippen LogP contribution in [0.15, 0.2) is 5.70 Å². The largest absolute Gasteiger partial charge is 4.00 e. The van der Waals surface area contributed by atoms with Gasteiger partial charge in [-0.05, 0) is 51.2 Å². The molecule has 0 atom stereocenters. The van der Waals surface area contributed by atoms with Crippen molar-refractivity contribution in [2.24, 2.45) is 0 Å². The summed E-state index contributed by atoms with van der Waals surface area (Å²) in [4.78, 5) is 25.9. The van der Waals surface area contributed by atoms with Crippen LogP contribution in [-0.2, 0) is 41.1 Å². The van der Waals surface area contributed by atoms with Gasteiger partial charge in [0.15, 0.2) is 0 Å². The summed E-state index contributed by atoms with van der Waals surface area (Å²) in [5, 5.41) is 15.7. The zero-order chi connectivity index (χ0) is 26.0. The van der Waals surface area contributed by atoms with Crippen molar-refractivity contribution in [2.45, 2.75) is 73.6 Å². The first kappa shape index (κ1) is 28.5. The van der Waals surface area contributed by atoms with Gasteiger partial charge in [-0.15, -0.1) is 34.7 Å². The van der Waals surface area contributed by atoms with Gasteiger partial charge in [0.05, 0.1) is 0 Å². The van der Waals surface area contributed by atoms with Gasteiger partial charge in [-0.2, -0.15) is 5.70 Å². The molecular formula is C29H34FeN4O3. The van der Waals surface area contributed by atoms with Crippen LogP contribution in [0.4, 0.5) is 0 Å². The summed E-state index contributed by atoms with van der Waals surface area (Å²) in [6, 6.07) is 0. The Balaban J connectivity index is 0.00000380. The summed E-state index contributed by atoms with van der Waals surface area (Å²) in [7, 11) is 0. The summed E-state index contributed by atoms with van der Waals surface area (Å²) in [5.74, 6) is 0.347. The van der Waals surface area contributed by atoms with Crippen molar-refractivity contribution in [1.29, 1.82) is 0 Å². The first-order valence-corrected chi connectivity index (χ1v) is 12.7. The fraction of sp³-hybridized carbons (Fsp3) is 0.414. The molecule has 0 aliphatic carbocycles. The minimum atomic E-state index is -0.821. The third-order valence-electron chi connectivity index (χ3n) is 7.02. The minimum Gasteiger partial charge on any atom is -0.685 e. The Morgan fingerprint density at radius 2 is 1.54 bits per heavy atom. The van der Waals surface area contributed by atoms with Crippen LogP contribution in [0.2, 0.25) is 0 Å². The van der Waals surface area contributed by atoms with Crippen molar-refractivity contribution >= 4 is 24.2 Å². The second kappa shape index (κ2) is 12.0. The van der Waals surface area contributed by atoms with E-state index in [1.807, 2.05) is 32.1 Å². The smallest absolute Gasteiger partial charge is 0.685 e. The first-order valence-electron chi connectivity index (χ1n) is 12.7. The van der Waals surface area contributed by atoms with E-state index in [4.69, 9.17) is 25.0 Å². The second-order valence-electron chi connectivity index (χ2n) is 9.18. The van der Waals surface area contributed by atoms with Gasteiger partial charge in [-0.25, -0.2) is 0 Å². The molecule has 8 heteroatoms. The SMILES string of the molecule is CC/C1=C/c2[n-]c(c(CC)c2C)Oc2[n-]c(c(CC)c2C)/C=c2/[n-]/c(c(CCC(=O)O)c2C)=C\C[N-]1.[Fe+4]. The van der Waals surface area contributed by atoms with Crippen LogP contribution in [0.1, 0.15) is 78.4 Å². The van der Waals surface area contributed by atoms with Crippen molar-refractivity contribution < 1.29 is 31.7 Å². The van der Waals surface area contributed by atoms with E-state index < -0.39 is 5.97 Å². The van der Waals surface area contributed by atoms with Crippen LogP contribution in [0.5, 0.6) is 11.8 Å². The number of allylic oxidation sites excluding steroid dienone is 1. The van der Waals surface area contributed by atoms with E-state index in [0.717, 1.165) is 80.4 Å². The average molecular weight is 542 g/mol. The summed E-state index contributed by atoms with van der Waals surface area (Å²) >= 11 is 0. The third kappa shape index (κ3) is 5.76. The molecular weight excluding hydrogens is 508 g/mol. The molecule has 0 spiro atoms. The molecule has 0 saturated heterocycles. The standard InChI is InChI=1S/C29H34N4O3.Fe/c1-7-19-14-24-16(4)21(9-3)29(32-24)36-28-18(6)20(8-2)26(33-28)15-25-17(5)22(10-11-27(34)35)23(31-25)12-13-30-19;/h12,14-15H,7-11,13H2,1-6H3,(H,34,35);/q-4;+4/b19-14-,23-12-,25-15+;. The first-order chi connectivity index (χ1) is 17.3. The Bertz CT molecular complexity index is 1440. The normalized spacial score (nSPS) is 16.2. The summed E-state index contributed by atoms with van der Waals surface area (Å²) < 4.78 is 6.35. The number of aromatic nitrogens is 3. The quantitative estimate of drug-likeness (QED) is 0.470. The minimum absolute atomic E-state index is 0. The van der Waals surface area contributed by atoms with Crippen molar-refractivity contribution in [3.8, 4) is 11.8 Å². The topological polar surface area (TPSA) is 103 Å². The number of ether oxygens (including phenoxy) is 1. The number of fused-ring (bicyclic) bond motifs is 6. The maximum atomic E-state index is 11.3. The Labute approximate surface area is 229 Å². The Kier molecular flexibility index (Phi) is 9.21. The van der Waals surface area contributed by atoms with Gasteiger partial charge in [-0.3, -0.25) is 4.79 Å². The monoisotopic (exact) mass is 542 g/mol. The van der Waals surface area contributed by atoms with Gasteiger partial charge in [0.25, 0.3) is 0 Å². The van der Waals surface area contributed by atoms with Crippen LogP contribution < -0.4 is 30.4 Å². The van der Waals surface area contributed by atoms with Crippen LogP contribution >= 0.6 is 0 Å². The van der Waals surface area contributed by atoms with Gasteiger partial charge >= 0.3 is 23.0 Å². The van der Waals surface area contributed by atoms with Crippen molar-refractivity contribution in [3.05, 3.63) is 66.5 Å².